The molecular formula is C17H26N2O. The van der Waals surface area contributed by atoms with Crippen molar-refractivity contribution in [3.05, 3.63) is 34.7 Å². The lowest BCUT2D eigenvalue weighted by Gasteiger charge is -2.12. The SMILES string of the molecule is Cc1cc(C(=O)CNCCC2=CCCCC2)c(C)n1C. The van der Waals surface area contributed by atoms with Crippen molar-refractivity contribution in [2.75, 3.05) is 13.1 Å². The number of nitrogens with zero attached hydrogens (tertiary/aromatic N) is 1. The Kier molecular flexibility index (Phi) is 5.18. The molecule has 0 fully saturated rings. The average Bonchev–Trinajstić information content (AvgIpc) is 2.72. The second-order valence-corrected chi connectivity index (χ2v) is 5.80. The van der Waals surface area contributed by atoms with Gasteiger partial charge in [-0.2, -0.15) is 0 Å². The molecule has 0 radical (unpaired) electrons. The summed E-state index contributed by atoms with van der Waals surface area (Å²) in [6.07, 6.45) is 8.59. The first-order chi connectivity index (χ1) is 9.59. The fraction of sp³-hybridized carbons (Fsp3) is 0.588. The molecule has 3 nitrogen and oxygen atoms in total. The summed E-state index contributed by atoms with van der Waals surface area (Å²) in [6.45, 7) is 5.39. The molecule has 20 heavy (non-hydrogen) atoms. The topological polar surface area (TPSA) is 34.0 Å². The molecule has 0 spiro atoms. The molecule has 0 saturated heterocycles. The van der Waals surface area contributed by atoms with Gasteiger partial charge in [0.1, 0.15) is 0 Å². The van der Waals surface area contributed by atoms with E-state index in [0.29, 0.717) is 6.54 Å². The number of hydrogen-bond acceptors (Lipinski definition) is 2. The maximum absolute atomic E-state index is 12.2. The number of carbonyl (C=O) groups excluding carboxylic acids is 1. The lowest BCUT2D eigenvalue weighted by molar-refractivity contribution is 0.0990. The van der Waals surface area contributed by atoms with Gasteiger partial charge in [0.05, 0.1) is 6.54 Å². The van der Waals surface area contributed by atoms with Gasteiger partial charge >= 0.3 is 0 Å². The Balaban J connectivity index is 1.77. The summed E-state index contributed by atoms with van der Waals surface area (Å²) < 4.78 is 2.07. The van der Waals surface area contributed by atoms with Crippen LogP contribution < -0.4 is 5.32 Å². The number of hydrogen-bond donors (Lipinski definition) is 1. The van der Waals surface area contributed by atoms with E-state index in [1.807, 2.05) is 27.0 Å². The van der Waals surface area contributed by atoms with Gasteiger partial charge in [-0.25, -0.2) is 0 Å². The van der Waals surface area contributed by atoms with Crippen LogP contribution in [0.15, 0.2) is 17.7 Å². The Labute approximate surface area is 122 Å². The summed E-state index contributed by atoms with van der Waals surface area (Å²) in [5, 5.41) is 3.29. The number of ketones is 1. The van der Waals surface area contributed by atoms with Gasteiger partial charge in [-0.1, -0.05) is 11.6 Å². The molecule has 110 valence electrons. The van der Waals surface area contributed by atoms with E-state index in [1.54, 1.807) is 5.57 Å². The molecule has 0 amide bonds. The monoisotopic (exact) mass is 274 g/mol. The minimum atomic E-state index is 0.198. The normalized spacial score (nSPS) is 15.2. The third-order valence-corrected chi connectivity index (χ3v) is 4.37. The molecule has 0 aromatic carbocycles. The first-order valence-corrected chi connectivity index (χ1v) is 7.64. The number of aryl methyl sites for hydroxylation is 1. The summed E-state index contributed by atoms with van der Waals surface area (Å²) >= 11 is 0. The maximum Gasteiger partial charge on any atom is 0.178 e. The van der Waals surface area contributed by atoms with Gasteiger partial charge in [0.15, 0.2) is 5.78 Å². The maximum atomic E-state index is 12.2. The molecule has 1 aromatic heterocycles. The van der Waals surface area contributed by atoms with Crippen molar-refractivity contribution in [3.63, 3.8) is 0 Å². The van der Waals surface area contributed by atoms with Gasteiger partial charge in [0.2, 0.25) is 0 Å². The molecule has 1 aliphatic carbocycles. The molecule has 2 rings (SSSR count). The summed E-state index contributed by atoms with van der Waals surface area (Å²) in [7, 11) is 2.00. The van der Waals surface area contributed by atoms with Crippen LogP contribution in [0.3, 0.4) is 0 Å². The third-order valence-electron chi connectivity index (χ3n) is 4.37. The number of rotatable bonds is 6. The van der Waals surface area contributed by atoms with E-state index in [0.717, 1.165) is 29.9 Å². The van der Waals surface area contributed by atoms with Crippen molar-refractivity contribution >= 4 is 5.78 Å². The molecule has 1 aromatic rings. The zero-order valence-electron chi connectivity index (χ0n) is 13.0. The smallest absolute Gasteiger partial charge is 0.178 e. The lowest BCUT2D eigenvalue weighted by atomic mass is 9.97. The molecule has 0 atom stereocenters. The minimum Gasteiger partial charge on any atom is -0.351 e. The van der Waals surface area contributed by atoms with Crippen molar-refractivity contribution in [2.24, 2.45) is 7.05 Å². The number of nitrogens with one attached hydrogen (secondary N) is 1. The van der Waals surface area contributed by atoms with Crippen LogP contribution >= 0.6 is 0 Å². The Hall–Kier alpha value is -1.35. The molecule has 0 unspecified atom stereocenters. The molecule has 1 heterocycles. The van der Waals surface area contributed by atoms with Crippen molar-refractivity contribution < 1.29 is 4.79 Å². The van der Waals surface area contributed by atoms with Gasteiger partial charge in [-0.3, -0.25) is 4.79 Å². The van der Waals surface area contributed by atoms with E-state index in [9.17, 15) is 4.79 Å². The highest BCUT2D eigenvalue weighted by atomic mass is 16.1. The Morgan fingerprint density at radius 1 is 1.35 bits per heavy atom. The first kappa shape index (κ1) is 15.0. The van der Waals surface area contributed by atoms with Crippen LogP contribution in [0.4, 0.5) is 0 Å². The van der Waals surface area contributed by atoms with Crippen LogP contribution in [0.5, 0.6) is 0 Å². The van der Waals surface area contributed by atoms with Crippen LogP contribution in [0.25, 0.3) is 0 Å². The Morgan fingerprint density at radius 2 is 2.15 bits per heavy atom. The minimum absolute atomic E-state index is 0.198. The highest BCUT2D eigenvalue weighted by molar-refractivity contribution is 5.99. The number of aromatic nitrogens is 1. The number of Topliss-reactive ketones (excluding diaryl/α,β-unsaturated/α-hetero) is 1. The van der Waals surface area contributed by atoms with E-state index in [1.165, 1.54) is 25.7 Å². The van der Waals surface area contributed by atoms with Crippen molar-refractivity contribution in [1.29, 1.82) is 0 Å². The van der Waals surface area contributed by atoms with E-state index in [4.69, 9.17) is 0 Å². The second kappa shape index (κ2) is 6.89. The summed E-state index contributed by atoms with van der Waals surface area (Å²) in [6, 6.07) is 1.99. The van der Waals surface area contributed by atoms with E-state index in [2.05, 4.69) is 16.0 Å². The van der Waals surface area contributed by atoms with E-state index < -0.39 is 0 Å². The summed E-state index contributed by atoms with van der Waals surface area (Å²) in [5.41, 5.74) is 4.61. The van der Waals surface area contributed by atoms with Crippen LogP contribution in [-0.4, -0.2) is 23.4 Å². The molecule has 1 aliphatic rings. The standard InChI is InChI=1S/C17H26N2O/c1-13-11-16(14(2)19(13)3)17(20)12-18-10-9-15-7-5-4-6-8-15/h7,11,18H,4-6,8-10,12H2,1-3H3. The third kappa shape index (κ3) is 3.60. The largest absolute Gasteiger partial charge is 0.351 e. The second-order valence-electron chi connectivity index (χ2n) is 5.80. The Bertz CT molecular complexity index is 511. The van der Waals surface area contributed by atoms with Crippen LogP contribution in [0, 0.1) is 13.8 Å². The molecule has 0 bridgehead atoms. The average molecular weight is 274 g/mol. The van der Waals surface area contributed by atoms with Crippen molar-refractivity contribution in [1.82, 2.24) is 9.88 Å². The quantitative estimate of drug-likeness (QED) is 0.490. The summed E-state index contributed by atoms with van der Waals surface area (Å²) in [4.78, 5) is 12.2. The molecule has 0 saturated carbocycles. The highest BCUT2D eigenvalue weighted by Crippen LogP contribution is 2.19. The van der Waals surface area contributed by atoms with Crippen LogP contribution in [-0.2, 0) is 7.05 Å². The van der Waals surface area contributed by atoms with Crippen LogP contribution in [0.2, 0.25) is 0 Å². The fourth-order valence-corrected chi connectivity index (χ4v) is 2.82. The van der Waals surface area contributed by atoms with Gasteiger partial charge < -0.3 is 9.88 Å². The van der Waals surface area contributed by atoms with E-state index in [-0.39, 0.29) is 5.78 Å². The Morgan fingerprint density at radius 3 is 2.75 bits per heavy atom. The zero-order valence-corrected chi connectivity index (χ0v) is 13.0. The van der Waals surface area contributed by atoms with Gasteiger partial charge in [0.25, 0.3) is 0 Å². The van der Waals surface area contributed by atoms with Crippen molar-refractivity contribution in [2.45, 2.75) is 46.0 Å². The predicted octanol–water partition coefficient (Wildman–Crippen LogP) is 3.30. The number of allylic oxidation sites excluding steroid dienone is 1. The van der Waals surface area contributed by atoms with Gasteiger partial charge in [-0.15, -0.1) is 0 Å². The number of carbonyl (C=O) groups is 1. The molecule has 3 heteroatoms. The lowest BCUT2D eigenvalue weighted by Crippen LogP contribution is -2.24. The summed E-state index contributed by atoms with van der Waals surface area (Å²) in [5.74, 6) is 0.198. The highest BCUT2D eigenvalue weighted by Gasteiger charge is 2.13. The van der Waals surface area contributed by atoms with Crippen molar-refractivity contribution in [3.8, 4) is 0 Å². The fourth-order valence-electron chi connectivity index (χ4n) is 2.82. The first-order valence-electron chi connectivity index (χ1n) is 7.64. The van der Waals surface area contributed by atoms with Crippen LogP contribution in [0.1, 0.15) is 53.8 Å². The molecule has 1 N–H and O–H groups in total. The van der Waals surface area contributed by atoms with Gasteiger partial charge in [-0.05, 0) is 58.6 Å². The van der Waals surface area contributed by atoms with E-state index >= 15 is 0 Å². The van der Waals surface area contributed by atoms with Gasteiger partial charge in [0, 0.05) is 24.0 Å². The molecular weight excluding hydrogens is 248 g/mol. The zero-order chi connectivity index (χ0) is 14.5. The molecule has 0 aliphatic heterocycles. The predicted molar refractivity (Wildman–Crippen MR) is 83.3 cm³/mol.